The number of carbonyl (C=O) groups is 1. The molecule has 0 spiro atoms. The molecule has 0 saturated carbocycles. The van der Waals surface area contributed by atoms with Gasteiger partial charge in [0.15, 0.2) is 0 Å². The van der Waals surface area contributed by atoms with E-state index in [1.807, 2.05) is 6.92 Å². The molecule has 0 bridgehead atoms. The number of allylic oxidation sites excluding steroid dienone is 1. The Kier molecular flexibility index (Phi) is 3.97. The summed E-state index contributed by atoms with van der Waals surface area (Å²) < 4.78 is 0. The van der Waals surface area contributed by atoms with E-state index in [-0.39, 0.29) is 12.2 Å². The fourth-order valence-electron chi connectivity index (χ4n) is 0.585. The van der Waals surface area contributed by atoms with Gasteiger partial charge in [-0.2, -0.15) is 0 Å². The fraction of sp³-hybridized carbons (Fsp3) is 0.571. The lowest BCUT2D eigenvalue weighted by atomic mass is 10.2. The van der Waals surface area contributed by atoms with Gasteiger partial charge in [-0.25, -0.2) is 0 Å². The van der Waals surface area contributed by atoms with Gasteiger partial charge < -0.3 is 5.11 Å². The third kappa shape index (κ3) is 5.24. The van der Waals surface area contributed by atoms with Crippen LogP contribution in [-0.2, 0) is 4.79 Å². The van der Waals surface area contributed by atoms with E-state index in [9.17, 15) is 4.79 Å². The standard InChI is InChI=1S/C7H12O2/c1-3-4-7(9)5-6(2)8/h3-4,7,9H,5H2,1-2H3/b4-3+/t7-/m1/s1. The van der Waals surface area contributed by atoms with Gasteiger partial charge in [-0.15, -0.1) is 0 Å². The van der Waals surface area contributed by atoms with Gasteiger partial charge >= 0.3 is 0 Å². The van der Waals surface area contributed by atoms with Crippen molar-refractivity contribution in [1.82, 2.24) is 0 Å². The number of ketones is 1. The summed E-state index contributed by atoms with van der Waals surface area (Å²) in [7, 11) is 0. The van der Waals surface area contributed by atoms with Gasteiger partial charge in [0.2, 0.25) is 0 Å². The predicted molar refractivity (Wildman–Crippen MR) is 36.1 cm³/mol. The number of aliphatic hydroxyl groups is 1. The average molecular weight is 128 g/mol. The Morgan fingerprint density at radius 1 is 1.78 bits per heavy atom. The van der Waals surface area contributed by atoms with Crippen LogP contribution in [0.15, 0.2) is 12.2 Å². The Morgan fingerprint density at radius 2 is 2.33 bits per heavy atom. The van der Waals surface area contributed by atoms with Crippen LogP contribution < -0.4 is 0 Å². The summed E-state index contributed by atoms with van der Waals surface area (Å²) in [6.45, 7) is 3.27. The van der Waals surface area contributed by atoms with Gasteiger partial charge in [-0.3, -0.25) is 4.79 Å². The predicted octanol–water partition coefficient (Wildman–Crippen LogP) is 0.903. The first-order valence-electron chi connectivity index (χ1n) is 2.97. The average Bonchev–Trinajstić information content (AvgIpc) is 1.63. The van der Waals surface area contributed by atoms with Gasteiger partial charge in [0.25, 0.3) is 0 Å². The van der Waals surface area contributed by atoms with Crippen LogP contribution >= 0.6 is 0 Å². The van der Waals surface area contributed by atoms with Crippen molar-refractivity contribution < 1.29 is 9.90 Å². The quantitative estimate of drug-likeness (QED) is 0.573. The molecule has 0 aliphatic carbocycles. The minimum Gasteiger partial charge on any atom is -0.389 e. The molecule has 1 N–H and O–H groups in total. The smallest absolute Gasteiger partial charge is 0.132 e. The summed E-state index contributed by atoms with van der Waals surface area (Å²) in [5.74, 6) is 0.0144. The Bertz CT molecular complexity index is 116. The first-order valence-corrected chi connectivity index (χ1v) is 2.97. The van der Waals surface area contributed by atoms with E-state index in [0.29, 0.717) is 0 Å². The van der Waals surface area contributed by atoms with Crippen molar-refractivity contribution in [1.29, 1.82) is 0 Å². The summed E-state index contributed by atoms with van der Waals surface area (Å²) >= 11 is 0. The maximum atomic E-state index is 10.3. The second kappa shape index (κ2) is 4.27. The summed E-state index contributed by atoms with van der Waals surface area (Å²) in [5, 5.41) is 8.91. The van der Waals surface area contributed by atoms with E-state index >= 15 is 0 Å². The van der Waals surface area contributed by atoms with Crippen LogP contribution in [0.4, 0.5) is 0 Å². The van der Waals surface area contributed by atoms with Crippen LogP contribution in [0.1, 0.15) is 20.3 Å². The monoisotopic (exact) mass is 128 g/mol. The number of hydrogen-bond donors (Lipinski definition) is 1. The molecule has 2 nitrogen and oxygen atoms in total. The molecule has 0 heterocycles. The highest BCUT2D eigenvalue weighted by molar-refractivity contribution is 5.76. The summed E-state index contributed by atoms with van der Waals surface area (Å²) in [5.41, 5.74) is 0. The van der Waals surface area contributed by atoms with Crippen molar-refractivity contribution in [3.8, 4) is 0 Å². The minimum absolute atomic E-state index is 0.0144. The maximum absolute atomic E-state index is 10.3. The molecule has 0 aromatic rings. The zero-order valence-electron chi connectivity index (χ0n) is 5.79. The van der Waals surface area contributed by atoms with E-state index in [0.717, 1.165) is 0 Å². The van der Waals surface area contributed by atoms with Crippen LogP contribution in [0.2, 0.25) is 0 Å². The van der Waals surface area contributed by atoms with Crippen molar-refractivity contribution >= 4 is 5.78 Å². The molecule has 52 valence electrons. The first-order chi connectivity index (χ1) is 4.16. The van der Waals surface area contributed by atoms with Gasteiger partial charge in [0.1, 0.15) is 5.78 Å². The zero-order valence-corrected chi connectivity index (χ0v) is 5.79. The molecule has 0 unspecified atom stereocenters. The molecule has 9 heavy (non-hydrogen) atoms. The lowest BCUT2D eigenvalue weighted by Gasteiger charge is -1.98. The summed E-state index contributed by atoms with van der Waals surface area (Å²) in [4.78, 5) is 10.3. The molecule has 0 aliphatic heterocycles. The van der Waals surface area contributed by atoms with E-state index in [1.54, 1.807) is 12.2 Å². The SMILES string of the molecule is C/C=C/[C@@H](O)CC(C)=O. The fourth-order valence-corrected chi connectivity index (χ4v) is 0.585. The van der Waals surface area contributed by atoms with Crippen molar-refractivity contribution in [2.45, 2.75) is 26.4 Å². The Hall–Kier alpha value is -0.630. The number of carbonyl (C=O) groups excluding carboxylic acids is 1. The number of hydrogen-bond acceptors (Lipinski definition) is 2. The van der Waals surface area contributed by atoms with Crippen molar-refractivity contribution in [3.63, 3.8) is 0 Å². The largest absolute Gasteiger partial charge is 0.389 e. The van der Waals surface area contributed by atoms with E-state index in [1.165, 1.54) is 6.92 Å². The van der Waals surface area contributed by atoms with E-state index in [2.05, 4.69) is 0 Å². The van der Waals surface area contributed by atoms with Crippen LogP contribution in [0.5, 0.6) is 0 Å². The summed E-state index contributed by atoms with van der Waals surface area (Å²) in [6, 6.07) is 0. The minimum atomic E-state index is -0.590. The van der Waals surface area contributed by atoms with Crippen LogP contribution in [-0.4, -0.2) is 17.0 Å². The molecule has 0 aromatic carbocycles. The van der Waals surface area contributed by atoms with Crippen molar-refractivity contribution in [3.05, 3.63) is 12.2 Å². The zero-order chi connectivity index (χ0) is 7.28. The molecule has 0 aliphatic rings. The topological polar surface area (TPSA) is 37.3 Å². The van der Waals surface area contributed by atoms with E-state index < -0.39 is 6.10 Å². The molecular weight excluding hydrogens is 116 g/mol. The van der Waals surface area contributed by atoms with Crippen LogP contribution in [0, 0.1) is 0 Å². The Morgan fingerprint density at radius 3 is 2.67 bits per heavy atom. The number of Topliss-reactive ketones (excluding diaryl/α,β-unsaturated/α-hetero) is 1. The molecule has 2 heteroatoms. The lowest BCUT2D eigenvalue weighted by molar-refractivity contribution is -0.118. The highest BCUT2D eigenvalue weighted by Gasteiger charge is 2.00. The second-order valence-electron chi connectivity index (χ2n) is 2.00. The third-order valence-electron chi connectivity index (χ3n) is 0.911. The molecule has 0 rings (SSSR count). The van der Waals surface area contributed by atoms with Crippen molar-refractivity contribution in [2.24, 2.45) is 0 Å². The highest BCUT2D eigenvalue weighted by Crippen LogP contribution is 1.93. The van der Waals surface area contributed by atoms with Gasteiger partial charge in [-0.05, 0) is 13.8 Å². The number of aliphatic hydroxyl groups excluding tert-OH is 1. The Balaban J connectivity index is 3.50. The molecular formula is C7H12O2. The molecule has 1 atom stereocenters. The Labute approximate surface area is 55.2 Å². The third-order valence-corrected chi connectivity index (χ3v) is 0.911. The normalized spacial score (nSPS) is 14.1. The maximum Gasteiger partial charge on any atom is 0.132 e. The number of rotatable bonds is 3. The molecule has 0 amide bonds. The van der Waals surface area contributed by atoms with Crippen molar-refractivity contribution in [2.75, 3.05) is 0 Å². The van der Waals surface area contributed by atoms with E-state index in [4.69, 9.17) is 5.11 Å². The van der Waals surface area contributed by atoms with Crippen LogP contribution in [0.25, 0.3) is 0 Å². The van der Waals surface area contributed by atoms with Gasteiger partial charge in [-0.1, -0.05) is 12.2 Å². The second-order valence-corrected chi connectivity index (χ2v) is 2.00. The molecule has 0 aromatic heterocycles. The van der Waals surface area contributed by atoms with Gasteiger partial charge in [0, 0.05) is 6.42 Å². The lowest BCUT2D eigenvalue weighted by Crippen LogP contribution is -2.06. The highest BCUT2D eigenvalue weighted by atomic mass is 16.3. The molecule has 0 saturated heterocycles. The molecule has 0 fully saturated rings. The first kappa shape index (κ1) is 8.37. The molecule has 0 radical (unpaired) electrons. The van der Waals surface area contributed by atoms with Crippen LogP contribution in [0.3, 0.4) is 0 Å². The van der Waals surface area contributed by atoms with Gasteiger partial charge in [0.05, 0.1) is 6.10 Å². The summed E-state index contributed by atoms with van der Waals surface area (Å²) in [6.07, 6.45) is 2.96.